The molecule has 2 aromatic heterocycles. The van der Waals surface area contributed by atoms with Gasteiger partial charge in [0.25, 0.3) is 11.5 Å². The SMILES string of the molecule is CNC(=O)c1cc(Nc2nccc(-c3cc(C#N)c4c(c3)[C@@](C)(CO)CN4)n2)c(=O)n(CC2CC2)c1. The third-order valence-corrected chi connectivity index (χ3v) is 6.84. The highest BCUT2D eigenvalue weighted by molar-refractivity contribution is 5.94. The van der Waals surface area contributed by atoms with Crippen LogP contribution in [0, 0.1) is 17.2 Å². The molecule has 1 aliphatic heterocycles. The van der Waals surface area contributed by atoms with Crippen LogP contribution >= 0.6 is 0 Å². The lowest BCUT2D eigenvalue weighted by Crippen LogP contribution is -2.28. The van der Waals surface area contributed by atoms with Crippen LogP contribution in [-0.2, 0) is 12.0 Å². The molecule has 0 spiro atoms. The van der Waals surface area contributed by atoms with Crippen LogP contribution in [0.2, 0.25) is 0 Å². The summed E-state index contributed by atoms with van der Waals surface area (Å²) in [6, 6.07) is 9.12. The molecule has 2 aliphatic rings. The van der Waals surface area contributed by atoms with Crippen LogP contribution in [0.3, 0.4) is 0 Å². The van der Waals surface area contributed by atoms with Gasteiger partial charge in [0.15, 0.2) is 0 Å². The molecular weight excluding hydrogens is 458 g/mol. The summed E-state index contributed by atoms with van der Waals surface area (Å²) < 4.78 is 1.57. The van der Waals surface area contributed by atoms with Gasteiger partial charge in [0.2, 0.25) is 5.95 Å². The van der Waals surface area contributed by atoms with Crippen LogP contribution in [-0.4, -0.2) is 45.7 Å². The fraction of sp³-hybridized carbons (Fsp3) is 0.346. The molecule has 3 aromatic rings. The Hall–Kier alpha value is -4.23. The molecular formula is C26H27N7O3. The van der Waals surface area contributed by atoms with Gasteiger partial charge in [-0.1, -0.05) is 6.92 Å². The number of aliphatic hydroxyl groups is 1. The fourth-order valence-electron chi connectivity index (χ4n) is 4.47. The number of carbonyl (C=O) groups is 1. The van der Waals surface area contributed by atoms with Crippen LogP contribution in [0.4, 0.5) is 17.3 Å². The molecule has 0 radical (unpaired) electrons. The number of hydrogen-bond donors (Lipinski definition) is 4. The van der Waals surface area contributed by atoms with Crippen molar-refractivity contribution < 1.29 is 9.90 Å². The zero-order chi connectivity index (χ0) is 25.4. The minimum atomic E-state index is -0.516. The molecule has 0 saturated heterocycles. The minimum Gasteiger partial charge on any atom is -0.395 e. The van der Waals surface area contributed by atoms with Gasteiger partial charge in [0, 0.05) is 43.5 Å². The molecule has 1 aromatic carbocycles. The number of aromatic nitrogens is 3. The van der Waals surface area contributed by atoms with Gasteiger partial charge in [-0.3, -0.25) is 9.59 Å². The number of pyridine rings is 1. The van der Waals surface area contributed by atoms with Crippen molar-refractivity contribution in [3.05, 3.63) is 63.7 Å². The molecule has 10 nitrogen and oxygen atoms in total. The van der Waals surface area contributed by atoms with E-state index < -0.39 is 5.41 Å². The Kier molecular flexibility index (Phi) is 5.94. The highest BCUT2D eigenvalue weighted by atomic mass is 16.3. The van der Waals surface area contributed by atoms with E-state index in [1.165, 1.54) is 6.07 Å². The molecule has 0 bridgehead atoms. The molecule has 0 unspecified atom stereocenters. The fourth-order valence-corrected chi connectivity index (χ4v) is 4.47. The van der Waals surface area contributed by atoms with Gasteiger partial charge < -0.3 is 25.6 Å². The molecule has 184 valence electrons. The molecule has 10 heteroatoms. The number of hydrogen-bond acceptors (Lipinski definition) is 8. The first kappa shape index (κ1) is 23.5. The van der Waals surface area contributed by atoms with Crippen molar-refractivity contribution in [2.24, 2.45) is 5.92 Å². The molecule has 1 aliphatic carbocycles. The van der Waals surface area contributed by atoms with Crippen molar-refractivity contribution in [2.45, 2.75) is 31.7 Å². The van der Waals surface area contributed by atoms with Crippen LogP contribution < -0.4 is 21.5 Å². The lowest BCUT2D eigenvalue weighted by Gasteiger charge is -2.21. The largest absolute Gasteiger partial charge is 0.395 e. The highest BCUT2D eigenvalue weighted by Crippen LogP contribution is 2.41. The third kappa shape index (κ3) is 4.29. The Bertz CT molecular complexity index is 1450. The van der Waals surface area contributed by atoms with E-state index >= 15 is 0 Å². The molecule has 1 amide bonds. The summed E-state index contributed by atoms with van der Waals surface area (Å²) in [5.74, 6) is 0.349. The standard InChI is InChI=1S/C26H27N7O3/c1-26(14-34)13-30-22-17(10-27)7-16(8-19(22)26)20-5-6-29-25(31-20)32-21-9-18(23(35)28-2)12-33(24(21)36)11-15-3-4-15/h5-9,12,15,30,34H,3-4,11,13-14H2,1-2H3,(H,28,35)(H,29,31,32)/t26-/m1/s1. The van der Waals surface area contributed by atoms with Crippen LogP contribution in [0.15, 0.2) is 41.5 Å². The second-order valence-corrected chi connectivity index (χ2v) is 9.64. The number of carbonyl (C=O) groups excluding carboxylic acids is 1. The van der Waals surface area contributed by atoms with Crippen molar-refractivity contribution in [3.63, 3.8) is 0 Å². The number of rotatable bonds is 7. The molecule has 36 heavy (non-hydrogen) atoms. The zero-order valence-corrected chi connectivity index (χ0v) is 20.1. The number of amides is 1. The maximum atomic E-state index is 13.1. The van der Waals surface area contributed by atoms with Crippen LogP contribution in [0.1, 0.15) is 41.3 Å². The quantitative estimate of drug-likeness (QED) is 0.399. The summed E-state index contributed by atoms with van der Waals surface area (Å²) in [5, 5.41) is 28.5. The minimum absolute atomic E-state index is 0.0628. The van der Waals surface area contributed by atoms with Gasteiger partial charge in [-0.25, -0.2) is 9.97 Å². The average Bonchev–Trinajstić information content (AvgIpc) is 3.66. The average molecular weight is 486 g/mol. The number of fused-ring (bicyclic) bond motifs is 1. The molecule has 3 heterocycles. The van der Waals surface area contributed by atoms with Crippen molar-refractivity contribution in [1.29, 1.82) is 5.26 Å². The smallest absolute Gasteiger partial charge is 0.274 e. The Morgan fingerprint density at radius 3 is 2.86 bits per heavy atom. The van der Waals surface area contributed by atoms with Gasteiger partial charge in [0.05, 0.1) is 29.1 Å². The molecule has 5 rings (SSSR count). The van der Waals surface area contributed by atoms with Gasteiger partial charge in [-0.2, -0.15) is 5.26 Å². The second-order valence-electron chi connectivity index (χ2n) is 9.64. The predicted molar refractivity (Wildman–Crippen MR) is 135 cm³/mol. The Morgan fingerprint density at radius 2 is 2.17 bits per heavy atom. The van der Waals surface area contributed by atoms with Crippen molar-refractivity contribution in [1.82, 2.24) is 19.9 Å². The molecule has 4 N–H and O–H groups in total. The topological polar surface area (TPSA) is 145 Å². The lowest BCUT2D eigenvalue weighted by molar-refractivity contribution is 0.0962. The molecule has 1 fully saturated rings. The first-order valence-corrected chi connectivity index (χ1v) is 11.9. The number of anilines is 3. The zero-order valence-electron chi connectivity index (χ0n) is 20.1. The number of nitrogens with one attached hydrogen (secondary N) is 3. The maximum Gasteiger partial charge on any atom is 0.274 e. The Balaban J connectivity index is 1.52. The lowest BCUT2D eigenvalue weighted by atomic mass is 9.83. The first-order valence-electron chi connectivity index (χ1n) is 11.9. The van der Waals surface area contributed by atoms with Gasteiger partial charge in [0.1, 0.15) is 11.8 Å². The summed E-state index contributed by atoms with van der Waals surface area (Å²) in [7, 11) is 1.54. The summed E-state index contributed by atoms with van der Waals surface area (Å²) in [5.41, 5.74) is 3.11. The summed E-state index contributed by atoms with van der Waals surface area (Å²) in [6.45, 7) is 2.97. The monoisotopic (exact) mass is 485 g/mol. The van der Waals surface area contributed by atoms with Crippen molar-refractivity contribution in [2.75, 3.05) is 30.8 Å². The van der Waals surface area contributed by atoms with E-state index in [0.29, 0.717) is 41.4 Å². The third-order valence-electron chi connectivity index (χ3n) is 6.84. The Morgan fingerprint density at radius 1 is 1.36 bits per heavy atom. The number of aliphatic hydroxyl groups excluding tert-OH is 1. The van der Waals surface area contributed by atoms with E-state index in [4.69, 9.17) is 0 Å². The molecule has 1 atom stereocenters. The van der Waals surface area contributed by atoms with E-state index in [9.17, 15) is 20.0 Å². The number of benzene rings is 1. The van der Waals surface area contributed by atoms with Crippen molar-refractivity contribution >= 4 is 23.2 Å². The Labute approximate surface area is 208 Å². The summed E-state index contributed by atoms with van der Waals surface area (Å²) >= 11 is 0. The van der Waals surface area contributed by atoms with Gasteiger partial charge in [-0.15, -0.1) is 0 Å². The number of nitrogens with zero attached hydrogens (tertiary/aromatic N) is 4. The van der Waals surface area contributed by atoms with Crippen LogP contribution in [0.25, 0.3) is 11.3 Å². The highest BCUT2D eigenvalue weighted by Gasteiger charge is 2.36. The van der Waals surface area contributed by atoms with Crippen LogP contribution in [0.5, 0.6) is 0 Å². The second kappa shape index (κ2) is 9.09. The predicted octanol–water partition coefficient (Wildman–Crippen LogP) is 2.37. The number of nitriles is 1. The van der Waals surface area contributed by atoms with E-state index in [0.717, 1.165) is 24.1 Å². The maximum absolute atomic E-state index is 13.1. The van der Waals surface area contributed by atoms with E-state index in [-0.39, 0.29) is 29.7 Å². The van der Waals surface area contributed by atoms with E-state index in [2.05, 4.69) is 32.0 Å². The van der Waals surface area contributed by atoms with Gasteiger partial charge >= 0.3 is 0 Å². The normalized spacial score (nSPS) is 18.2. The molecule has 1 saturated carbocycles. The first-order chi connectivity index (χ1) is 17.3. The van der Waals surface area contributed by atoms with Crippen molar-refractivity contribution in [3.8, 4) is 17.3 Å². The van der Waals surface area contributed by atoms with E-state index in [1.54, 1.807) is 36.1 Å². The van der Waals surface area contributed by atoms with E-state index in [1.807, 2.05) is 13.0 Å². The summed E-state index contributed by atoms with van der Waals surface area (Å²) in [6.07, 6.45) is 5.29. The summed E-state index contributed by atoms with van der Waals surface area (Å²) in [4.78, 5) is 34.3. The van der Waals surface area contributed by atoms with Gasteiger partial charge in [-0.05, 0) is 48.6 Å².